The normalized spacial score (nSPS) is 18.4. The molecule has 0 aromatic heterocycles. The minimum Gasteiger partial charge on any atom is -0.394 e. The summed E-state index contributed by atoms with van der Waals surface area (Å²) in [5.41, 5.74) is 0. The average molecular weight is 305 g/mol. The van der Waals surface area contributed by atoms with Gasteiger partial charge in [0.25, 0.3) is 0 Å². The molecule has 1 saturated heterocycles. The summed E-state index contributed by atoms with van der Waals surface area (Å²) >= 11 is 0. The van der Waals surface area contributed by atoms with Crippen LogP contribution >= 0.6 is 0 Å². The molecule has 0 aromatic rings. The maximum Gasteiger partial charge on any atom is 0.335 e. The quantitative estimate of drug-likeness (QED) is 0.280. The Morgan fingerprint density at radius 3 is 2.10 bits per heavy atom. The molecule has 5 heteroatoms. The second-order valence-electron chi connectivity index (χ2n) is 5.67. The first-order chi connectivity index (χ1) is 9.70. The Labute approximate surface area is 125 Å². The lowest BCUT2D eigenvalue weighted by atomic mass is 10.4. The van der Waals surface area contributed by atoms with Crippen molar-refractivity contribution in [3.63, 3.8) is 0 Å². The number of hydrogen-bond acceptors (Lipinski definition) is 4. The molecule has 0 aliphatic carbocycles. The smallest absolute Gasteiger partial charge is 0.335 e. The van der Waals surface area contributed by atoms with E-state index in [1.807, 2.05) is 0 Å². The Morgan fingerprint density at radius 1 is 1.00 bits per heavy atom. The SMILES string of the molecule is CCCCO[Si](C)(CCCOCC1CO1)OCCCC. The highest BCUT2D eigenvalue weighted by Crippen LogP contribution is 2.18. The molecule has 0 aromatic carbocycles. The summed E-state index contributed by atoms with van der Waals surface area (Å²) < 4.78 is 22.9. The molecule has 1 rings (SSSR count). The van der Waals surface area contributed by atoms with Gasteiger partial charge in [-0.05, 0) is 31.9 Å². The van der Waals surface area contributed by atoms with E-state index >= 15 is 0 Å². The summed E-state index contributed by atoms with van der Waals surface area (Å²) in [5, 5.41) is 0. The van der Waals surface area contributed by atoms with Crippen LogP contribution in [-0.4, -0.2) is 47.7 Å². The fourth-order valence-electron chi connectivity index (χ4n) is 1.93. The molecule has 20 heavy (non-hydrogen) atoms. The number of ether oxygens (including phenoxy) is 2. The van der Waals surface area contributed by atoms with E-state index in [4.69, 9.17) is 18.3 Å². The van der Waals surface area contributed by atoms with Crippen molar-refractivity contribution < 1.29 is 18.3 Å². The van der Waals surface area contributed by atoms with E-state index in [0.29, 0.717) is 6.10 Å². The van der Waals surface area contributed by atoms with Crippen LogP contribution in [0.3, 0.4) is 0 Å². The van der Waals surface area contributed by atoms with Crippen molar-refractivity contribution in [1.82, 2.24) is 0 Å². The van der Waals surface area contributed by atoms with Crippen molar-refractivity contribution in [2.75, 3.05) is 33.0 Å². The van der Waals surface area contributed by atoms with Crippen LogP contribution in [0.2, 0.25) is 12.6 Å². The highest BCUT2D eigenvalue weighted by molar-refractivity contribution is 6.66. The summed E-state index contributed by atoms with van der Waals surface area (Å²) in [6.07, 6.45) is 5.96. The highest BCUT2D eigenvalue weighted by atomic mass is 28.4. The van der Waals surface area contributed by atoms with Crippen molar-refractivity contribution in [1.29, 1.82) is 0 Å². The summed E-state index contributed by atoms with van der Waals surface area (Å²) in [6, 6.07) is 1.02. The molecule has 4 nitrogen and oxygen atoms in total. The van der Waals surface area contributed by atoms with Gasteiger partial charge in [0.15, 0.2) is 0 Å². The van der Waals surface area contributed by atoms with Crippen LogP contribution in [0.4, 0.5) is 0 Å². The Balaban J connectivity index is 2.15. The van der Waals surface area contributed by atoms with Crippen LogP contribution < -0.4 is 0 Å². The van der Waals surface area contributed by atoms with Crippen molar-refractivity contribution >= 4 is 8.56 Å². The molecule has 120 valence electrons. The third kappa shape index (κ3) is 9.08. The molecule has 0 spiro atoms. The van der Waals surface area contributed by atoms with Gasteiger partial charge < -0.3 is 18.3 Å². The Hall–Kier alpha value is 0.0569. The molecule has 0 N–H and O–H groups in total. The summed E-state index contributed by atoms with van der Waals surface area (Å²) in [7, 11) is -2.00. The fraction of sp³-hybridized carbons (Fsp3) is 1.00. The topological polar surface area (TPSA) is 40.2 Å². The van der Waals surface area contributed by atoms with E-state index in [0.717, 1.165) is 58.3 Å². The summed E-state index contributed by atoms with van der Waals surface area (Å²) in [6.45, 7) is 10.6. The third-order valence-electron chi connectivity index (χ3n) is 3.44. The zero-order chi connectivity index (χ0) is 14.7. The molecule has 0 amide bonds. The minimum atomic E-state index is -2.00. The molecule has 1 atom stereocenters. The van der Waals surface area contributed by atoms with E-state index < -0.39 is 8.56 Å². The van der Waals surface area contributed by atoms with Gasteiger partial charge in [0, 0.05) is 19.8 Å². The predicted octanol–water partition coefficient (Wildman–Crippen LogP) is 3.50. The summed E-state index contributed by atoms with van der Waals surface area (Å²) in [5.74, 6) is 0. The van der Waals surface area contributed by atoms with Crippen LogP contribution in [0.25, 0.3) is 0 Å². The maximum absolute atomic E-state index is 6.09. The van der Waals surface area contributed by atoms with E-state index in [-0.39, 0.29) is 0 Å². The second-order valence-corrected chi connectivity index (χ2v) is 9.02. The monoisotopic (exact) mass is 304 g/mol. The first-order valence-electron chi connectivity index (χ1n) is 8.17. The zero-order valence-electron chi connectivity index (χ0n) is 13.5. The molecular formula is C15H32O4Si. The van der Waals surface area contributed by atoms with Gasteiger partial charge in [-0.15, -0.1) is 0 Å². The van der Waals surface area contributed by atoms with Gasteiger partial charge in [0.05, 0.1) is 13.2 Å². The van der Waals surface area contributed by atoms with E-state index in [1.165, 1.54) is 12.8 Å². The fourth-order valence-corrected chi connectivity index (χ4v) is 4.24. The number of epoxide rings is 1. The lowest BCUT2D eigenvalue weighted by molar-refractivity contribution is 0.112. The Morgan fingerprint density at radius 2 is 1.60 bits per heavy atom. The molecule has 0 bridgehead atoms. The molecule has 1 aliphatic rings. The Kier molecular flexibility index (Phi) is 9.72. The molecule has 1 aliphatic heterocycles. The Bertz CT molecular complexity index is 224. The van der Waals surface area contributed by atoms with Crippen LogP contribution in [0, 0.1) is 0 Å². The van der Waals surface area contributed by atoms with Crippen molar-refractivity contribution in [2.45, 2.75) is 64.6 Å². The first-order valence-corrected chi connectivity index (χ1v) is 10.7. The van der Waals surface area contributed by atoms with Crippen molar-refractivity contribution in [3.05, 3.63) is 0 Å². The van der Waals surface area contributed by atoms with Gasteiger partial charge in [0.1, 0.15) is 6.10 Å². The van der Waals surface area contributed by atoms with Crippen molar-refractivity contribution in [2.24, 2.45) is 0 Å². The molecule has 1 fully saturated rings. The van der Waals surface area contributed by atoms with Gasteiger partial charge in [-0.25, -0.2) is 0 Å². The molecule has 1 heterocycles. The van der Waals surface area contributed by atoms with Gasteiger partial charge in [-0.2, -0.15) is 0 Å². The highest BCUT2D eigenvalue weighted by Gasteiger charge is 2.31. The molecule has 0 radical (unpaired) electrons. The third-order valence-corrected chi connectivity index (χ3v) is 6.33. The van der Waals surface area contributed by atoms with Gasteiger partial charge in [-0.1, -0.05) is 26.7 Å². The van der Waals surface area contributed by atoms with E-state index in [2.05, 4.69) is 20.4 Å². The number of rotatable bonds is 14. The molecular weight excluding hydrogens is 272 g/mol. The van der Waals surface area contributed by atoms with Crippen LogP contribution in [0.5, 0.6) is 0 Å². The second kappa shape index (κ2) is 10.7. The van der Waals surface area contributed by atoms with E-state index in [1.54, 1.807) is 0 Å². The van der Waals surface area contributed by atoms with Crippen molar-refractivity contribution in [3.8, 4) is 0 Å². The molecule has 0 saturated carbocycles. The summed E-state index contributed by atoms with van der Waals surface area (Å²) in [4.78, 5) is 0. The first kappa shape index (κ1) is 18.1. The lowest BCUT2D eigenvalue weighted by Gasteiger charge is -2.27. The van der Waals surface area contributed by atoms with Crippen LogP contribution in [0.1, 0.15) is 46.0 Å². The van der Waals surface area contributed by atoms with Gasteiger partial charge in [0.2, 0.25) is 0 Å². The van der Waals surface area contributed by atoms with Gasteiger partial charge >= 0.3 is 8.56 Å². The maximum atomic E-state index is 6.09. The average Bonchev–Trinajstić information content (AvgIpc) is 3.23. The molecule has 1 unspecified atom stereocenters. The minimum absolute atomic E-state index is 0.361. The van der Waals surface area contributed by atoms with Gasteiger partial charge in [-0.3, -0.25) is 0 Å². The number of hydrogen-bond donors (Lipinski definition) is 0. The van der Waals surface area contributed by atoms with Crippen LogP contribution in [-0.2, 0) is 18.3 Å². The predicted molar refractivity (Wildman–Crippen MR) is 83.3 cm³/mol. The van der Waals surface area contributed by atoms with E-state index in [9.17, 15) is 0 Å². The standard InChI is InChI=1S/C15H32O4Si/c1-4-6-10-18-20(3,19-11-7-5-2)12-8-9-16-13-15-14-17-15/h15H,4-14H2,1-3H3. The largest absolute Gasteiger partial charge is 0.394 e. The zero-order valence-corrected chi connectivity index (χ0v) is 14.5. The van der Waals surface area contributed by atoms with Crippen LogP contribution in [0.15, 0.2) is 0 Å². The number of unbranched alkanes of at least 4 members (excludes halogenated alkanes) is 2. The lowest BCUT2D eigenvalue weighted by Crippen LogP contribution is -2.39.